The molecule has 0 bridgehead atoms. The molecule has 0 aromatic carbocycles. The molecule has 4 nitrogen and oxygen atoms in total. The van der Waals surface area contributed by atoms with E-state index in [2.05, 4.69) is 14.5 Å². The summed E-state index contributed by atoms with van der Waals surface area (Å²) in [6, 6.07) is 0. The summed E-state index contributed by atoms with van der Waals surface area (Å²) in [5, 5.41) is 7.07. The molecular weight excluding hydrogens is 168 g/mol. The highest BCUT2D eigenvalue weighted by Gasteiger charge is 2.09. The van der Waals surface area contributed by atoms with Gasteiger partial charge in [0, 0.05) is 0 Å². The molecule has 0 aliphatic rings. The van der Waals surface area contributed by atoms with Gasteiger partial charge in [0.15, 0.2) is 0 Å². The Labute approximate surface area is 68.3 Å². The molecule has 0 unspecified atom stereocenters. The van der Waals surface area contributed by atoms with Crippen molar-refractivity contribution in [3.05, 3.63) is 23.5 Å². The maximum absolute atomic E-state index is 10.8. The summed E-state index contributed by atoms with van der Waals surface area (Å²) in [6.07, 6.45) is 2.77. The normalized spacial score (nSPS) is 9.27. The van der Waals surface area contributed by atoms with Gasteiger partial charge in [0.2, 0.25) is 0 Å². The predicted molar refractivity (Wildman–Crippen MR) is 38.0 cm³/mol. The summed E-state index contributed by atoms with van der Waals surface area (Å²) in [5.74, 6) is -0.612. The van der Waals surface area contributed by atoms with Crippen LogP contribution in [0.4, 0.5) is 0 Å². The molecule has 0 saturated carbocycles. The zero-order valence-corrected chi connectivity index (χ0v) is 6.50. The largest absolute Gasteiger partial charge is 0.358 e. The number of aryl methyl sites for hydroxylation is 1. The van der Waals surface area contributed by atoms with Crippen LogP contribution in [0.5, 0.6) is 0 Å². The van der Waals surface area contributed by atoms with Crippen molar-refractivity contribution in [1.82, 2.24) is 10.2 Å². The van der Waals surface area contributed by atoms with Gasteiger partial charge in [-0.25, -0.2) is 4.79 Å². The number of carbonyl (C=O) groups excluding carboxylic acids is 1. The molecule has 0 aliphatic carbocycles. The van der Waals surface area contributed by atoms with Crippen LogP contribution in [0.3, 0.4) is 0 Å². The van der Waals surface area contributed by atoms with Crippen molar-refractivity contribution in [2.45, 2.75) is 6.92 Å². The Hall–Kier alpha value is -1.16. The summed E-state index contributed by atoms with van der Waals surface area (Å²) in [5.41, 5.74) is 1.01. The molecule has 0 aliphatic heterocycles. The molecule has 1 aromatic rings. The fourth-order valence-electron chi connectivity index (χ4n) is 0.638. The molecule has 0 atom stereocenters. The van der Waals surface area contributed by atoms with Crippen molar-refractivity contribution in [3.63, 3.8) is 0 Å². The van der Waals surface area contributed by atoms with Gasteiger partial charge in [0.05, 0.1) is 18.0 Å². The van der Waals surface area contributed by atoms with E-state index in [-0.39, 0.29) is 0 Å². The summed E-state index contributed by atoms with van der Waals surface area (Å²) in [4.78, 5) is 10.8. The Kier molecular flexibility index (Phi) is 2.38. The average Bonchev–Trinajstić information content (AvgIpc) is 2.04. The first-order valence-corrected chi connectivity index (χ1v) is 3.16. The molecule has 0 radical (unpaired) electrons. The first-order chi connectivity index (χ1) is 5.25. The van der Waals surface area contributed by atoms with Gasteiger partial charge in [-0.15, -0.1) is 0 Å². The van der Waals surface area contributed by atoms with E-state index in [0.717, 1.165) is 0 Å². The number of carbonyl (C=O) groups is 1. The maximum atomic E-state index is 10.8. The van der Waals surface area contributed by atoms with E-state index < -0.39 is 5.97 Å². The number of halogens is 1. The van der Waals surface area contributed by atoms with Crippen LogP contribution in [-0.4, -0.2) is 16.2 Å². The smallest absolute Gasteiger partial charge is 0.343 e. The van der Waals surface area contributed by atoms with Crippen molar-refractivity contribution >= 4 is 17.8 Å². The third-order valence-corrected chi connectivity index (χ3v) is 1.36. The number of hydrogen-bond acceptors (Lipinski definition) is 4. The van der Waals surface area contributed by atoms with Gasteiger partial charge in [0.1, 0.15) is 11.9 Å². The van der Waals surface area contributed by atoms with Crippen LogP contribution in [0.25, 0.3) is 0 Å². The summed E-state index contributed by atoms with van der Waals surface area (Å²) in [6.45, 7) is 1.72. The highest BCUT2D eigenvalue weighted by Crippen LogP contribution is 2.05. The zero-order chi connectivity index (χ0) is 8.27. The van der Waals surface area contributed by atoms with Crippen LogP contribution >= 0.6 is 11.9 Å². The van der Waals surface area contributed by atoms with Gasteiger partial charge in [-0.05, 0) is 12.5 Å². The van der Waals surface area contributed by atoms with Crippen molar-refractivity contribution in [2.75, 3.05) is 0 Å². The van der Waals surface area contributed by atoms with Gasteiger partial charge in [-0.1, -0.05) is 0 Å². The predicted octanol–water partition coefficient (Wildman–Crippen LogP) is 1.10. The molecule has 1 rings (SSSR count). The second-order valence-corrected chi connectivity index (χ2v) is 2.10. The van der Waals surface area contributed by atoms with Crippen LogP contribution < -0.4 is 0 Å². The van der Waals surface area contributed by atoms with Crippen molar-refractivity contribution in [2.24, 2.45) is 0 Å². The van der Waals surface area contributed by atoms with E-state index in [1.54, 1.807) is 6.92 Å². The van der Waals surface area contributed by atoms with Crippen molar-refractivity contribution in [1.29, 1.82) is 0 Å². The quantitative estimate of drug-likeness (QED) is 0.637. The SMILES string of the molecule is Cc1cnncc1C(=O)OCl. The Morgan fingerprint density at radius 1 is 1.55 bits per heavy atom. The maximum Gasteiger partial charge on any atom is 0.358 e. The second-order valence-electron chi connectivity index (χ2n) is 1.95. The van der Waals surface area contributed by atoms with Crippen molar-refractivity contribution < 1.29 is 9.08 Å². The monoisotopic (exact) mass is 172 g/mol. The standard InChI is InChI=1S/C6H5ClN2O2/c1-4-2-8-9-3-5(4)6(10)11-7/h2-3H,1H3. The molecule has 0 spiro atoms. The van der Waals surface area contributed by atoms with Crippen LogP contribution in [0.2, 0.25) is 0 Å². The average molecular weight is 173 g/mol. The molecule has 58 valence electrons. The van der Waals surface area contributed by atoms with E-state index in [0.29, 0.717) is 11.1 Å². The number of hydrogen-bond donors (Lipinski definition) is 0. The number of aromatic nitrogens is 2. The van der Waals surface area contributed by atoms with Gasteiger partial charge < -0.3 is 4.29 Å². The lowest BCUT2D eigenvalue weighted by molar-refractivity contribution is 0.0750. The minimum Gasteiger partial charge on any atom is -0.343 e. The Morgan fingerprint density at radius 2 is 2.18 bits per heavy atom. The molecule has 11 heavy (non-hydrogen) atoms. The van der Waals surface area contributed by atoms with Gasteiger partial charge >= 0.3 is 5.97 Å². The molecule has 1 aromatic heterocycles. The molecule has 0 saturated heterocycles. The van der Waals surface area contributed by atoms with Gasteiger partial charge in [-0.3, -0.25) is 0 Å². The van der Waals surface area contributed by atoms with E-state index >= 15 is 0 Å². The molecule has 0 fully saturated rings. The highest BCUT2D eigenvalue weighted by atomic mass is 35.5. The van der Waals surface area contributed by atoms with Crippen LogP contribution in [0.15, 0.2) is 12.4 Å². The second kappa shape index (κ2) is 3.30. The lowest BCUT2D eigenvalue weighted by Gasteiger charge is -1.97. The summed E-state index contributed by atoms with van der Waals surface area (Å²) >= 11 is 4.86. The Balaban J connectivity index is 3.03. The van der Waals surface area contributed by atoms with Crippen molar-refractivity contribution in [3.8, 4) is 0 Å². The lowest BCUT2D eigenvalue weighted by Crippen LogP contribution is -2.02. The molecule has 5 heteroatoms. The summed E-state index contributed by atoms with van der Waals surface area (Å²) < 4.78 is 3.98. The Morgan fingerprint density at radius 3 is 2.73 bits per heavy atom. The zero-order valence-electron chi connectivity index (χ0n) is 5.74. The summed E-state index contributed by atoms with van der Waals surface area (Å²) in [7, 11) is 0. The van der Waals surface area contributed by atoms with E-state index in [1.807, 2.05) is 0 Å². The number of nitrogens with zero attached hydrogens (tertiary/aromatic N) is 2. The van der Waals surface area contributed by atoms with Crippen LogP contribution in [0, 0.1) is 6.92 Å². The van der Waals surface area contributed by atoms with Gasteiger partial charge in [-0.2, -0.15) is 10.2 Å². The minimum absolute atomic E-state index is 0.329. The van der Waals surface area contributed by atoms with E-state index in [9.17, 15) is 4.79 Å². The third kappa shape index (κ3) is 1.65. The minimum atomic E-state index is -0.612. The fourth-order valence-corrected chi connectivity index (χ4v) is 0.721. The van der Waals surface area contributed by atoms with E-state index in [4.69, 9.17) is 11.9 Å². The third-order valence-electron chi connectivity index (χ3n) is 1.22. The highest BCUT2D eigenvalue weighted by molar-refractivity contribution is 6.15. The molecule has 0 amide bonds. The van der Waals surface area contributed by atoms with Crippen LogP contribution in [0.1, 0.15) is 15.9 Å². The van der Waals surface area contributed by atoms with E-state index in [1.165, 1.54) is 12.4 Å². The molecular formula is C6H5ClN2O2. The molecule has 0 N–H and O–H groups in total. The van der Waals surface area contributed by atoms with Gasteiger partial charge in [0.25, 0.3) is 0 Å². The first kappa shape index (κ1) is 7.94. The topological polar surface area (TPSA) is 52.1 Å². The Bertz CT molecular complexity index is 277. The fraction of sp³-hybridized carbons (Fsp3) is 0.167. The molecule has 1 heterocycles. The number of rotatable bonds is 1. The first-order valence-electron chi connectivity index (χ1n) is 2.86. The lowest BCUT2D eigenvalue weighted by atomic mass is 10.2. The van der Waals surface area contributed by atoms with Crippen LogP contribution in [-0.2, 0) is 4.29 Å².